The van der Waals surface area contributed by atoms with E-state index in [1.165, 1.54) is 0 Å². The summed E-state index contributed by atoms with van der Waals surface area (Å²) >= 11 is 6.24. The Labute approximate surface area is 167 Å². The van der Waals surface area contributed by atoms with Gasteiger partial charge in [-0.1, -0.05) is 32.4 Å². The van der Waals surface area contributed by atoms with Gasteiger partial charge in [-0.3, -0.25) is 9.80 Å². The molecule has 1 aromatic rings. The molecule has 1 amide bonds. The molecule has 6 heteroatoms. The Hall–Kier alpha value is -1.46. The van der Waals surface area contributed by atoms with E-state index in [9.17, 15) is 4.79 Å². The van der Waals surface area contributed by atoms with Gasteiger partial charge < -0.3 is 10.5 Å². The van der Waals surface area contributed by atoms with E-state index in [-0.39, 0.29) is 23.1 Å². The Balaban J connectivity index is 1.90. The van der Waals surface area contributed by atoms with Crippen molar-refractivity contribution in [3.8, 4) is 0 Å². The van der Waals surface area contributed by atoms with E-state index in [0.717, 1.165) is 49.3 Å². The van der Waals surface area contributed by atoms with E-state index in [1.54, 1.807) is 6.07 Å². The molecule has 2 aliphatic heterocycles. The Bertz CT molecular complexity index is 731. The number of amides is 1. The van der Waals surface area contributed by atoms with Crippen molar-refractivity contribution in [2.75, 3.05) is 25.4 Å². The first-order valence-corrected chi connectivity index (χ1v) is 10.2. The number of anilines is 1. The maximum atomic E-state index is 12.8. The molecule has 2 atom stereocenters. The molecule has 150 valence electrons. The quantitative estimate of drug-likeness (QED) is 0.770. The van der Waals surface area contributed by atoms with Crippen LogP contribution in [-0.4, -0.2) is 47.2 Å². The number of nitrogens with zero attached hydrogens (tertiary/aromatic N) is 2. The Morgan fingerprint density at radius 2 is 2.11 bits per heavy atom. The second kappa shape index (κ2) is 7.17. The number of carbonyl (C=O) groups is 1. The van der Waals surface area contributed by atoms with E-state index in [0.29, 0.717) is 11.6 Å². The smallest absolute Gasteiger partial charge is 0.410 e. The van der Waals surface area contributed by atoms with Crippen LogP contribution in [0.1, 0.15) is 51.7 Å². The van der Waals surface area contributed by atoms with Crippen LogP contribution in [0.3, 0.4) is 0 Å². The second-order valence-electron chi connectivity index (χ2n) is 8.99. The first-order chi connectivity index (χ1) is 12.6. The van der Waals surface area contributed by atoms with Gasteiger partial charge in [0.15, 0.2) is 0 Å². The van der Waals surface area contributed by atoms with Crippen molar-refractivity contribution < 1.29 is 9.53 Å². The third kappa shape index (κ3) is 3.52. The fraction of sp³-hybridized carbons (Fsp3) is 0.667. The fourth-order valence-electron chi connectivity index (χ4n) is 4.84. The van der Waals surface area contributed by atoms with E-state index in [4.69, 9.17) is 22.1 Å². The molecule has 2 bridgehead atoms. The summed E-state index contributed by atoms with van der Waals surface area (Å²) in [5.74, 6) is 0. The minimum atomic E-state index is -0.222. The van der Waals surface area contributed by atoms with Crippen molar-refractivity contribution in [3.63, 3.8) is 0 Å². The zero-order valence-corrected chi connectivity index (χ0v) is 17.9. The van der Waals surface area contributed by atoms with Crippen molar-refractivity contribution in [3.05, 3.63) is 28.3 Å². The van der Waals surface area contributed by atoms with Gasteiger partial charge in [0.05, 0.1) is 12.1 Å². The van der Waals surface area contributed by atoms with Crippen molar-refractivity contribution in [1.82, 2.24) is 9.80 Å². The number of carbonyl (C=O) groups excluding carboxylic acids is 1. The predicted molar refractivity (Wildman–Crippen MR) is 110 cm³/mol. The molecule has 0 radical (unpaired) electrons. The first kappa shape index (κ1) is 20.3. The monoisotopic (exact) mass is 393 g/mol. The molecule has 0 aromatic heterocycles. The molecule has 5 nitrogen and oxygen atoms in total. The standard InChI is InChI=1S/C21H32ClN3O2/c1-6-27-19(26)25-17-7-8-21(25,20(3,4)5)13-24(12-17)11-15-9-16(22)10-18(23)14(15)2/h9-10,17H,6-8,11-13,23H2,1-5H3. The van der Waals surface area contributed by atoms with Gasteiger partial charge >= 0.3 is 6.09 Å². The van der Waals surface area contributed by atoms with Gasteiger partial charge in [-0.2, -0.15) is 0 Å². The summed E-state index contributed by atoms with van der Waals surface area (Å²) in [6.45, 7) is 13.5. The zero-order chi connectivity index (χ0) is 20.0. The molecule has 2 aliphatic rings. The lowest BCUT2D eigenvalue weighted by Gasteiger charge is -2.54. The van der Waals surface area contributed by atoms with Crippen LogP contribution in [0.5, 0.6) is 0 Å². The van der Waals surface area contributed by atoms with Crippen molar-refractivity contribution >= 4 is 23.4 Å². The number of nitrogen functional groups attached to an aromatic ring is 1. The summed E-state index contributed by atoms with van der Waals surface area (Å²) in [6.07, 6.45) is 1.86. The van der Waals surface area contributed by atoms with Crippen LogP contribution in [0.25, 0.3) is 0 Å². The number of hydrogen-bond donors (Lipinski definition) is 1. The highest BCUT2D eigenvalue weighted by Crippen LogP contribution is 2.50. The zero-order valence-electron chi connectivity index (χ0n) is 17.1. The predicted octanol–water partition coefficient (Wildman–Crippen LogP) is 4.45. The van der Waals surface area contributed by atoms with Gasteiger partial charge in [-0.25, -0.2) is 4.79 Å². The number of nitrogens with two attached hydrogens (primary N) is 1. The van der Waals surface area contributed by atoms with Crippen LogP contribution < -0.4 is 5.73 Å². The van der Waals surface area contributed by atoms with E-state index >= 15 is 0 Å². The summed E-state index contributed by atoms with van der Waals surface area (Å²) in [7, 11) is 0. The summed E-state index contributed by atoms with van der Waals surface area (Å²) in [5.41, 5.74) is 8.82. The molecule has 0 saturated carbocycles. The van der Waals surface area contributed by atoms with Crippen LogP contribution in [0.4, 0.5) is 10.5 Å². The highest BCUT2D eigenvalue weighted by atomic mass is 35.5. The lowest BCUT2D eigenvalue weighted by Crippen LogP contribution is -2.67. The van der Waals surface area contributed by atoms with Crippen LogP contribution in [0.2, 0.25) is 5.02 Å². The lowest BCUT2D eigenvalue weighted by molar-refractivity contribution is -0.0559. The molecular weight excluding hydrogens is 362 g/mol. The normalized spacial score (nSPS) is 25.7. The summed E-state index contributed by atoms with van der Waals surface area (Å²) < 4.78 is 5.42. The van der Waals surface area contributed by atoms with E-state index in [1.807, 2.05) is 24.8 Å². The average Bonchev–Trinajstić information content (AvgIpc) is 2.81. The largest absolute Gasteiger partial charge is 0.450 e. The van der Waals surface area contributed by atoms with Gasteiger partial charge in [0.1, 0.15) is 0 Å². The van der Waals surface area contributed by atoms with Gasteiger partial charge in [0.25, 0.3) is 0 Å². The van der Waals surface area contributed by atoms with Crippen LogP contribution >= 0.6 is 11.6 Å². The van der Waals surface area contributed by atoms with E-state index < -0.39 is 0 Å². The molecular formula is C21H32ClN3O2. The molecule has 0 aliphatic carbocycles. The topological polar surface area (TPSA) is 58.8 Å². The summed E-state index contributed by atoms with van der Waals surface area (Å²) in [5, 5.41) is 0.673. The summed E-state index contributed by atoms with van der Waals surface area (Å²) in [4.78, 5) is 17.3. The molecule has 0 spiro atoms. The molecule has 1 aromatic carbocycles. The molecule has 2 heterocycles. The third-order valence-corrected chi connectivity index (χ3v) is 6.66. The van der Waals surface area contributed by atoms with Gasteiger partial charge in [0.2, 0.25) is 0 Å². The fourth-order valence-corrected chi connectivity index (χ4v) is 5.09. The number of rotatable bonds is 3. The Kier molecular flexibility index (Phi) is 5.39. The van der Waals surface area contributed by atoms with Gasteiger partial charge in [0, 0.05) is 36.4 Å². The lowest BCUT2D eigenvalue weighted by atomic mass is 9.71. The molecule has 2 N–H and O–H groups in total. The molecule has 3 rings (SSSR count). The number of piperazine rings is 1. The van der Waals surface area contributed by atoms with Gasteiger partial charge in [-0.15, -0.1) is 0 Å². The highest BCUT2D eigenvalue weighted by molar-refractivity contribution is 6.31. The SMILES string of the molecule is CCOC(=O)N1C2CCC1(C(C)(C)C)CN(Cc1cc(Cl)cc(N)c1C)C2. The van der Waals surface area contributed by atoms with Crippen LogP contribution in [-0.2, 0) is 11.3 Å². The molecule has 2 fully saturated rings. The number of halogens is 1. The average molecular weight is 394 g/mol. The minimum absolute atomic E-state index is 0.0460. The second-order valence-corrected chi connectivity index (χ2v) is 9.43. The minimum Gasteiger partial charge on any atom is -0.450 e. The van der Waals surface area contributed by atoms with Crippen molar-refractivity contribution in [2.45, 2.75) is 65.6 Å². The molecule has 2 saturated heterocycles. The summed E-state index contributed by atoms with van der Waals surface area (Å²) in [6, 6.07) is 4.00. The number of ether oxygens (including phenoxy) is 1. The molecule has 27 heavy (non-hydrogen) atoms. The van der Waals surface area contributed by atoms with Crippen molar-refractivity contribution in [1.29, 1.82) is 0 Å². The first-order valence-electron chi connectivity index (χ1n) is 9.82. The number of likely N-dealkylation sites (tertiary alicyclic amines) is 1. The number of fused-ring (bicyclic) bond motifs is 2. The van der Waals surface area contributed by atoms with Crippen molar-refractivity contribution in [2.24, 2.45) is 5.41 Å². The number of hydrogen-bond acceptors (Lipinski definition) is 4. The maximum Gasteiger partial charge on any atom is 0.410 e. The van der Waals surface area contributed by atoms with Gasteiger partial charge in [-0.05, 0) is 55.4 Å². The third-order valence-electron chi connectivity index (χ3n) is 6.45. The van der Waals surface area contributed by atoms with E-state index in [2.05, 4.69) is 25.7 Å². The van der Waals surface area contributed by atoms with Crippen LogP contribution in [0, 0.1) is 12.3 Å². The molecule has 2 unspecified atom stereocenters. The van der Waals surface area contributed by atoms with Crippen LogP contribution in [0.15, 0.2) is 12.1 Å². The Morgan fingerprint density at radius 1 is 1.41 bits per heavy atom. The highest BCUT2D eigenvalue weighted by Gasteiger charge is 2.59. The maximum absolute atomic E-state index is 12.8. The Morgan fingerprint density at radius 3 is 2.74 bits per heavy atom. The number of benzene rings is 1.